The summed E-state index contributed by atoms with van der Waals surface area (Å²) in [5.74, 6) is -0.419. The van der Waals surface area contributed by atoms with Crippen LogP contribution in [0, 0.1) is 5.92 Å². The Morgan fingerprint density at radius 3 is 2.44 bits per heavy atom. The lowest BCUT2D eigenvalue weighted by molar-refractivity contribution is -0.144. The lowest BCUT2D eigenvalue weighted by atomic mass is 10.1. The largest absolute Gasteiger partial charge is 0.440 e. The fourth-order valence-electron chi connectivity index (χ4n) is 2.09. The van der Waals surface area contributed by atoms with Gasteiger partial charge in [0.1, 0.15) is 6.04 Å². The molecule has 2 rings (SSSR count). The average molecular weight is 247 g/mol. The molecule has 1 aromatic carbocycles. The van der Waals surface area contributed by atoms with E-state index in [1.54, 1.807) is 31.2 Å². The van der Waals surface area contributed by atoms with Crippen molar-refractivity contribution in [3.05, 3.63) is 35.9 Å². The number of rotatable bonds is 2. The number of esters is 1. The molecular formula is C14H17NO3. The molecule has 2 atom stereocenters. The fraction of sp³-hybridized carbons (Fsp3) is 0.429. The summed E-state index contributed by atoms with van der Waals surface area (Å²) in [6, 6.07) is 8.43. The van der Waals surface area contributed by atoms with Gasteiger partial charge in [0.05, 0.1) is 0 Å². The van der Waals surface area contributed by atoms with Crippen LogP contribution < -0.4 is 0 Å². The molecule has 1 heterocycles. The molecule has 1 aliphatic rings. The Balaban J connectivity index is 2.30. The van der Waals surface area contributed by atoms with Gasteiger partial charge in [0, 0.05) is 11.5 Å². The van der Waals surface area contributed by atoms with Crippen LogP contribution in [-0.2, 0) is 9.53 Å². The number of carbonyl (C=O) groups excluding carboxylic acids is 2. The molecule has 1 saturated heterocycles. The van der Waals surface area contributed by atoms with Crippen molar-refractivity contribution in [2.75, 3.05) is 0 Å². The molecule has 18 heavy (non-hydrogen) atoms. The summed E-state index contributed by atoms with van der Waals surface area (Å²) in [6.07, 6.45) is -0.472. The molecule has 0 saturated carbocycles. The first-order valence-electron chi connectivity index (χ1n) is 6.10. The molecule has 1 fully saturated rings. The SMILES string of the molecule is CC(C)C1OC(=O)C(C)N1C(=O)c1ccccc1. The molecule has 0 aliphatic carbocycles. The van der Waals surface area contributed by atoms with Crippen LogP contribution in [0.3, 0.4) is 0 Å². The average Bonchev–Trinajstić information content (AvgIpc) is 2.66. The second-order valence-corrected chi connectivity index (χ2v) is 4.83. The van der Waals surface area contributed by atoms with Crippen molar-refractivity contribution in [2.24, 2.45) is 5.92 Å². The van der Waals surface area contributed by atoms with Crippen LogP contribution in [0.1, 0.15) is 31.1 Å². The Kier molecular flexibility index (Phi) is 3.36. The second-order valence-electron chi connectivity index (χ2n) is 4.83. The summed E-state index contributed by atoms with van der Waals surface area (Å²) in [4.78, 5) is 25.6. The molecule has 1 aromatic rings. The number of carbonyl (C=O) groups is 2. The smallest absolute Gasteiger partial charge is 0.330 e. The van der Waals surface area contributed by atoms with Gasteiger partial charge in [-0.2, -0.15) is 0 Å². The lowest BCUT2D eigenvalue weighted by Gasteiger charge is -2.27. The molecular weight excluding hydrogens is 230 g/mol. The Hall–Kier alpha value is -1.84. The van der Waals surface area contributed by atoms with Gasteiger partial charge in [-0.15, -0.1) is 0 Å². The number of amides is 1. The van der Waals surface area contributed by atoms with Crippen molar-refractivity contribution in [3.63, 3.8) is 0 Å². The highest BCUT2D eigenvalue weighted by atomic mass is 16.6. The third-order valence-corrected chi connectivity index (χ3v) is 3.09. The quantitative estimate of drug-likeness (QED) is 0.751. The summed E-state index contributed by atoms with van der Waals surface area (Å²) >= 11 is 0. The van der Waals surface area contributed by atoms with E-state index < -0.39 is 12.3 Å². The summed E-state index contributed by atoms with van der Waals surface area (Å²) in [6.45, 7) is 5.56. The van der Waals surface area contributed by atoms with Crippen molar-refractivity contribution in [1.82, 2.24) is 4.90 Å². The fourth-order valence-corrected chi connectivity index (χ4v) is 2.09. The summed E-state index contributed by atoms with van der Waals surface area (Å²) < 4.78 is 5.26. The van der Waals surface area contributed by atoms with Gasteiger partial charge in [-0.1, -0.05) is 32.0 Å². The van der Waals surface area contributed by atoms with Gasteiger partial charge in [-0.3, -0.25) is 9.69 Å². The van der Waals surface area contributed by atoms with Crippen LogP contribution in [-0.4, -0.2) is 29.0 Å². The molecule has 0 radical (unpaired) electrons. The zero-order valence-electron chi connectivity index (χ0n) is 10.8. The van der Waals surface area contributed by atoms with Gasteiger partial charge >= 0.3 is 5.97 Å². The van der Waals surface area contributed by atoms with E-state index in [4.69, 9.17) is 4.74 Å². The van der Waals surface area contributed by atoms with Crippen LogP contribution in [0.2, 0.25) is 0 Å². The summed E-state index contributed by atoms with van der Waals surface area (Å²) in [5.41, 5.74) is 0.577. The summed E-state index contributed by atoms with van der Waals surface area (Å²) in [5, 5.41) is 0. The number of ether oxygens (including phenoxy) is 1. The first kappa shape index (κ1) is 12.6. The molecule has 0 aromatic heterocycles. The minimum atomic E-state index is -0.523. The van der Waals surface area contributed by atoms with Crippen molar-refractivity contribution >= 4 is 11.9 Å². The van der Waals surface area contributed by atoms with Crippen LogP contribution in [0.25, 0.3) is 0 Å². The van der Waals surface area contributed by atoms with E-state index in [2.05, 4.69) is 0 Å². The highest BCUT2D eigenvalue weighted by Crippen LogP contribution is 2.26. The third-order valence-electron chi connectivity index (χ3n) is 3.09. The zero-order chi connectivity index (χ0) is 13.3. The maximum atomic E-state index is 12.4. The van der Waals surface area contributed by atoms with Crippen molar-refractivity contribution in [2.45, 2.75) is 33.0 Å². The normalized spacial score (nSPS) is 23.3. The number of benzene rings is 1. The van der Waals surface area contributed by atoms with Crippen molar-refractivity contribution < 1.29 is 14.3 Å². The predicted octanol–water partition coefficient (Wildman–Crippen LogP) is 2.06. The molecule has 2 unspecified atom stereocenters. The van der Waals surface area contributed by atoms with Crippen LogP contribution in [0.15, 0.2) is 30.3 Å². The van der Waals surface area contributed by atoms with Gasteiger partial charge < -0.3 is 4.74 Å². The monoisotopic (exact) mass is 247 g/mol. The second kappa shape index (κ2) is 4.80. The molecule has 96 valence electrons. The molecule has 0 bridgehead atoms. The Morgan fingerprint density at radius 1 is 1.28 bits per heavy atom. The standard InChI is InChI=1S/C14H17NO3/c1-9(2)13-15(10(3)14(17)18-13)12(16)11-7-5-4-6-8-11/h4-10,13H,1-3H3. The Morgan fingerprint density at radius 2 is 1.89 bits per heavy atom. The maximum Gasteiger partial charge on any atom is 0.330 e. The van der Waals surface area contributed by atoms with Gasteiger partial charge in [-0.05, 0) is 19.1 Å². The molecule has 4 nitrogen and oxygen atoms in total. The van der Waals surface area contributed by atoms with Gasteiger partial charge in [0.2, 0.25) is 0 Å². The lowest BCUT2D eigenvalue weighted by Crippen LogP contribution is -2.43. The molecule has 0 N–H and O–H groups in total. The third kappa shape index (κ3) is 2.10. The number of hydrogen-bond donors (Lipinski definition) is 0. The first-order chi connectivity index (χ1) is 8.52. The van der Waals surface area contributed by atoms with Gasteiger partial charge in [0.25, 0.3) is 5.91 Å². The van der Waals surface area contributed by atoms with E-state index in [9.17, 15) is 9.59 Å². The minimum absolute atomic E-state index is 0.0755. The van der Waals surface area contributed by atoms with Gasteiger partial charge in [-0.25, -0.2) is 4.79 Å². The van der Waals surface area contributed by atoms with Crippen molar-refractivity contribution in [1.29, 1.82) is 0 Å². The zero-order valence-corrected chi connectivity index (χ0v) is 10.8. The number of hydrogen-bond acceptors (Lipinski definition) is 3. The maximum absolute atomic E-state index is 12.4. The van der Waals surface area contributed by atoms with E-state index >= 15 is 0 Å². The molecule has 0 spiro atoms. The first-order valence-corrected chi connectivity index (χ1v) is 6.10. The van der Waals surface area contributed by atoms with E-state index in [0.717, 1.165) is 0 Å². The highest BCUT2D eigenvalue weighted by molar-refractivity contribution is 5.98. The Bertz CT molecular complexity index is 455. The molecule has 1 amide bonds. The van der Waals surface area contributed by atoms with E-state index in [1.165, 1.54) is 4.90 Å². The highest BCUT2D eigenvalue weighted by Gasteiger charge is 2.43. The van der Waals surface area contributed by atoms with Crippen LogP contribution >= 0.6 is 0 Å². The van der Waals surface area contributed by atoms with E-state index in [0.29, 0.717) is 5.56 Å². The topological polar surface area (TPSA) is 46.6 Å². The molecule has 4 heteroatoms. The van der Waals surface area contributed by atoms with E-state index in [1.807, 2.05) is 19.9 Å². The Labute approximate surface area is 107 Å². The van der Waals surface area contributed by atoms with Crippen LogP contribution in [0.5, 0.6) is 0 Å². The minimum Gasteiger partial charge on any atom is -0.440 e. The predicted molar refractivity (Wildman–Crippen MR) is 66.8 cm³/mol. The summed E-state index contributed by atoms with van der Waals surface area (Å²) in [7, 11) is 0. The number of nitrogens with zero attached hydrogens (tertiary/aromatic N) is 1. The van der Waals surface area contributed by atoms with Crippen molar-refractivity contribution in [3.8, 4) is 0 Å². The van der Waals surface area contributed by atoms with Gasteiger partial charge in [0.15, 0.2) is 6.23 Å². The van der Waals surface area contributed by atoms with E-state index in [-0.39, 0.29) is 17.8 Å². The molecule has 1 aliphatic heterocycles. The number of cyclic esters (lactones) is 1. The van der Waals surface area contributed by atoms with Crippen LogP contribution in [0.4, 0.5) is 0 Å².